The summed E-state index contributed by atoms with van der Waals surface area (Å²) in [5.41, 5.74) is 0. The Labute approximate surface area is 104 Å². The molecule has 8 heteroatoms. The molecular weight excluding hydrogens is 260 g/mol. The number of hydrogen-bond donors (Lipinski definition) is 0. The van der Waals surface area contributed by atoms with Gasteiger partial charge in [0.05, 0.1) is 0 Å². The fourth-order valence-corrected chi connectivity index (χ4v) is 5.21. The van der Waals surface area contributed by atoms with Crippen LogP contribution in [0.1, 0.15) is 25.7 Å². The molecule has 0 aromatic rings. The van der Waals surface area contributed by atoms with E-state index in [2.05, 4.69) is 0 Å². The van der Waals surface area contributed by atoms with Crippen molar-refractivity contribution in [2.75, 3.05) is 12.5 Å². The molecule has 0 aromatic carbocycles. The second kappa shape index (κ2) is 3.47. The van der Waals surface area contributed by atoms with Crippen molar-refractivity contribution in [3.05, 3.63) is 0 Å². The Hall–Kier alpha value is -1.57. The van der Waals surface area contributed by atoms with Gasteiger partial charge in [-0.3, -0.25) is 19.2 Å². The Balaban J connectivity index is 2.54. The Morgan fingerprint density at radius 3 is 1.17 bits per heavy atom. The van der Waals surface area contributed by atoms with Crippen LogP contribution in [0.25, 0.3) is 0 Å². The Morgan fingerprint density at radius 1 is 0.722 bits per heavy atom. The smallest absolute Gasteiger partial charge is 0.241 e. The molecule has 0 N–H and O–H groups in total. The van der Waals surface area contributed by atoms with E-state index < -0.39 is 33.1 Å². The van der Waals surface area contributed by atoms with E-state index in [0.29, 0.717) is 8.61 Å². The number of amides is 4. The van der Waals surface area contributed by atoms with E-state index >= 15 is 0 Å². The molecule has 0 unspecified atom stereocenters. The zero-order valence-electron chi connectivity index (χ0n) is 10.2. The maximum absolute atomic E-state index is 13.0. The first-order valence-corrected chi connectivity index (χ1v) is 8.17. The first-order valence-electron chi connectivity index (χ1n) is 5.47. The minimum Gasteiger partial charge on any atom is -0.273 e. The molecule has 100 valence electrons. The Kier molecular flexibility index (Phi) is 2.48. The number of rotatable bonds is 2. The van der Waals surface area contributed by atoms with Crippen molar-refractivity contribution in [1.82, 2.24) is 8.61 Å². The average molecular weight is 274 g/mol. The quantitative estimate of drug-likeness (QED) is 0.614. The molecule has 4 amide bonds. The first-order chi connectivity index (χ1) is 8.13. The lowest BCUT2D eigenvalue weighted by Crippen LogP contribution is -2.63. The van der Waals surface area contributed by atoms with Crippen molar-refractivity contribution in [2.45, 2.75) is 25.7 Å². The van der Waals surface area contributed by atoms with Crippen molar-refractivity contribution < 1.29 is 23.4 Å². The molecule has 2 saturated heterocycles. The van der Waals surface area contributed by atoms with Crippen LogP contribution in [0.4, 0.5) is 0 Å². The number of nitrogens with zero attached hydrogens (tertiary/aromatic N) is 2. The summed E-state index contributed by atoms with van der Waals surface area (Å²) >= 11 is 0. The van der Waals surface area contributed by atoms with Crippen LogP contribution in [0.2, 0.25) is 0 Å². The highest BCUT2D eigenvalue weighted by Gasteiger charge is 2.54. The molecule has 0 bridgehead atoms. The summed E-state index contributed by atoms with van der Waals surface area (Å²) in [6.45, 7) is 0. The van der Waals surface area contributed by atoms with Gasteiger partial charge in [-0.25, -0.2) is 12.8 Å². The van der Waals surface area contributed by atoms with E-state index in [9.17, 15) is 23.4 Å². The minimum atomic E-state index is -4.27. The summed E-state index contributed by atoms with van der Waals surface area (Å²) in [4.78, 5) is 46.8. The van der Waals surface area contributed by atoms with E-state index in [-0.39, 0.29) is 25.7 Å². The summed E-state index contributed by atoms with van der Waals surface area (Å²) in [5.74, 6) is -2.41. The van der Waals surface area contributed by atoms with E-state index in [1.807, 2.05) is 0 Å². The van der Waals surface area contributed by atoms with Crippen LogP contribution in [-0.4, -0.2) is 49.0 Å². The normalized spacial score (nSPS) is 23.8. The van der Waals surface area contributed by atoms with Gasteiger partial charge >= 0.3 is 0 Å². The van der Waals surface area contributed by atoms with Gasteiger partial charge in [-0.2, -0.15) is 0 Å². The van der Waals surface area contributed by atoms with Crippen LogP contribution >= 0.6 is 0 Å². The lowest BCUT2D eigenvalue weighted by molar-refractivity contribution is -0.133. The fraction of sp³-hybridized carbons (Fsp3) is 0.600. The fourth-order valence-electron chi connectivity index (χ4n) is 2.36. The molecule has 0 aromatic heterocycles. The van der Waals surface area contributed by atoms with Crippen LogP contribution in [0.5, 0.6) is 0 Å². The molecule has 0 spiro atoms. The van der Waals surface area contributed by atoms with Crippen LogP contribution in [0.3, 0.4) is 0 Å². The zero-order valence-corrected chi connectivity index (χ0v) is 11.0. The van der Waals surface area contributed by atoms with Crippen LogP contribution in [-0.2, 0) is 28.6 Å². The van der Waals surface area contributed by atoms with Crippen molar-refractivity contribution in [3.63, 3.8) is 0 Å². The van der Waals surface area contributed by atoms with Crippen molar-refractivity contribution in [2.24, 2.45) is 0 Å². The maximum atomic E-state index is 13.0. The van der Waals surface area contributed by atoms with Crippen molar-refractivity contribution in [3.8, 4) is 0 Å². The molecule has 0 aliphatic carbocycles. The second-order valence-electron chi connectivity index (χ2n) is 4.87. The predicted octanol–water partition coefficient (Wildman–Crippen LogP) is -0.806. The predicted molar refractivity (Wildman–Crippen MR) is 62.2 cm³/mol. The lowest BCUT2D eigenvalue weighted by Gasteiger charge is -2.46. The number of imide groups is 2. The standard InChI is InChI=1S/C10H14N2O5S/c1-18(2,17,11-7(13)3-4-8(11)14)12-9(15)5-6-10(12)16/h3-6H2,1-2H3. The SMILES string of the molecule is CS(C)(=O)(N1C(=O)CCC1=O)N1C(=O)CCC1=O. The Morgan fingerprint density at radius 2 is 0.944 bits per heavy atom. The monoisotopic (exact) mass is 274 g/mol. The van der Waals surface area contributed by atoms with Gasteiger partial charge in [0.25, 0.3) is 0 Å². The molecule has 0 atom stereocenters. The third-order valence-electron chi connectivity index (χ3n) is 3.05. The van der Waals surface area contributed by atoms with Crippen molar-refractivity contribution >= 4 is 33.1 Å². The number of hydrogen-bond acceptors (Lipinski definition) is 5. The summed E-state index contributed by atoms with van der Waals surface area (Å²) in [5, 5.41) is 0. The summed E-state index contributed by atoms with van der Waals surface area (Å²) in [7, 11) is -4.27. The topological polar surface area (TPSA) is 91.8 Å². The molecular formula is C10H14N2O5S. The van der Waals surface area contributed by atoms with Gasteiger partial charge < -0.3 is 0 Å². The molecule has 2 aliphatic rings. The van der Waals surface area contributed by atoms with E-state index in [1.54, 1.807) is 0 Å². The molecule has 2 rings (SSSR count). The van der Waals surface area contributed by atoms with Crippen LogP contribution < -0.4 is 0 Å². The summed E-state index contributed by atoms with van der Waals surface area (Å²) in [6, 6.07) is 0. The van der Waals surface area contributed by atoms with Crippen LogP contribution in [0.15, 0.2) is 0 Å². The van der Waals surface area contributed by atoms with Gasteiger partial charge in [0.15, 0.2) is 0 Å². The van der Waals surface area contributed by atoms with E-state index in [0.717, 1.165) is 12.5 Å². The summed E-state index contributed by atoms with van der Waals surface area (Å²) in [6.07, 6.45) is 2.10. The molecule has 0 radical (unpaired) electrons. The molecule has 2 heterocycles. The van der Waals surface area contributed by atoms with Gasteiger partial charge in [-0.05, 0) is 0 Å². The molecule has 7 nitrogen and oxygen atoms in total. The van der Waals surface area contributed by atoms with Crippen LogP contribution in [0, 0.1) is 0 Å². The largest absolute Gasteiger partial charge is 0.273 e. The average Bonchev–Trinajstić information content (AvgIpc) is 2.70. The van der Waals surface area contributed by atoms with Gasteiger partial charge in [-0.1, -0.05) is 0 Å². The third kappa shape index (κ3) is 1.59. The van der Waals surface area contributed by atoms with Gasteiger partial charge in [0.1, 0.15) is 0 Å². The van der Waals surface area contributed by atoms with E-state index in [1.165, 1.54) is 0 Å². The highest BCUT2D eigenvalue weighted by atomic mass is 32.3. The molecule has 18 heavy (non-hydrogen) atoms. The lowest BCUT2D eigenvalue weighted by atomic mass is 10.4. The highest BCUT2D eigenvalue weighted by Crippen LogP contribution is 2.37. The maximum Gasteiger partial charge on any atom is 0.241 e. The van der Waals surface area contributed by atoms with E-state index in [4.69, 9.17) is 0 Å². The van der Waals surface area contributed by atoms with Gasteiger partial charge in [0, 0.05) is 47.6 Å². The Bertz CT molecular complexity index is 472. The summed E-state index contributed by atoms with van der Waals surface area (Å²) < 4.78 is 14.2. The first kappa shape index (κ1) is 12.9. The second-order valence-corrected chi connectivity index (χ2v) is 9.00. The molecule has 2 aliphatic heterocycles. The highest BCUT2D eigenvalue weighted by molar-refractivity contribution is 8.16. The zero-order chi connectivity index (χ0) is 13.7. The van der Waals surface area contributed by atoms with Gasteiger partial charge in [-0.15, -0.1) is 0 Å². The number of carbonyl (C=O) groups excluding carboxylic acids is 4. The third-order valence-corrected chi connectivity index (χ3v) is 5.95. The van der Waals surface area contributed by atoms with Crippen molar-refractivity contribution in [1.29, 1.82) is 0 Å². The molecule has 2 fully saturated rings. The van der Waals surface area contributed by atoms with Gasteiger partial charge in [0.2, 0.25) is 23.6 Å². The molecule has 0 saturated carbocycles. The number of carbonyl (C=O) groups is 4. The minimum absolute atomic E-state index is 0.0364.